The minimum absolute atomic E-state index is 0.0159. The van der Waals surface area contributed by atoms with Gasteiger partial charge in [0.1, 0.15) is 0 Å². The van der Waals surface area contributed by atoms with Crippen molar-refractivity contribution >= 4 is 12.1 Å². The summed E-state index contributed by atoms with van der Waals surface area (Å²) in [6.45, 7) is 4.53. The molecule has 1 fully saturated rings. The lowest BCUT2D eigenvalue weighted by Crippen LogP contribution is -2.46. The van der Waals surface area contributed by atoms with E-state index in [1.165, 1.54) is 7.11 Å². The molecule has 1 heterocycles. The van der Waals surface area contributed by atoms with Crippen LogP contribution in [0, 0.1) is 11.3 Å². The number of rotatable bonds is 2. The molecule has 5 nitrogen and oxygen atoms in total. The standard InChI is InChI=1S/C11H19NO4/c1-11(2,9(13)14)8-5-4-6-12(7-8)10(15)16-3/h8H,4-7H2,1-3H3,(H,13,14). The summed E-state index contributed by atoms with van der Waals surface area (Å²) >= 11 is 0. The van der Waals surface area contributed by atoms with Gasteiger partial charge in [-0.2, -0.15) is 0 Å². The largest absolute Gasteiger partial charge is 0.481 e. The first-order valence-corrected chi connectivity index (χ1v) is 5.46. The number of methoxy groups -OCH3 is 1. The molecule has 0 radical (unpaired) electrons. The molecule has 16 heavy (non-hydrogen) atoms. The van der Waals surface area contributed by atoms with E-state index in [4.69, 9.17) is 5.11 Å². The van der Waals surface area contributed by atoms with Crippen molar-refractivity contribution in [3.8, 4) is 0 Å². The summed E-state index contributed by atoms with van der Waals surface area (Å²) < 4.78 is 4.65. The van der Waals surface area contributed by atoms with E-state index in [1.807, 2.05) is 0 Å². The Morgan fingerprint density at radius 3 is 2.56 bits per heavy atom. The first-order valence-electron chi connectivity index (χ1n) is 5.46. The van der Waals surface area contributed by atoms with E-state index in [0.29, 0.717) is 13.1 Å². The van der Waals surface area contributed by atoms with E-state index in [9.17, 15) is 9.59 Å². The average Bonchev–Trinajstić information content (AvgIpc) is 2.28. The van der Waals surface area contributed by atoms with Crippen molar-refractivity contribution in [2.24, 2.45) is 11.3 Å². The van der Waals surface area contributed by atoms with Gasteiger partial charge in [-0.25, -0.2) is 4.79 Å². The Morgan fingerprint density at radius 1 is 1.44 bits per heavy atom. The van der Waals surface area contributed by atoms with Gasteiger partial charge in [0.2, 0.25) is 0 Å². The summed E-state index contributed by atoms with van der Waals surface area (Å²) in [4.78, 5) is 24.1. The summed E-state index contributed by atoms with van der Waals surface area (Å²) in [5.41, 5.74) is -0.799. The molecule has 0 spiro atoms. The molecule has 0 aliphatic carbocycles. The third-order valence-corrected chi connectivity index (χ3v) is 3.43. The first kappa shape index (κ1) is 12.8. The van der Waals surface area contributed by atoms with Crippen LogP contribution >= 0.6 is 0 Å². The summed E-state index contributed by atoms with van der Waals surface area (Å²) in [5.74, 6) is -0.831. The molecule has 0 bridgehead atoms. The predicted octanol–water partition coefficient (Wildman–Crippen LogP) is 1.58. The van der Waals surface area contributed by atoms with Gasteiger partial charge in [-0.1, -0.05) is 0 Å². The van der Waals surface area contributed by atoms with Gasteiger partial charge in [0.05, 0.1) is 12.5 Å². The number of carbonyl (C=O) groups excluding carboxylic acids is 1. The molecule has 92 valence electrons. The predicted molar refractivity (Wildman–Crippen MR) is 58.1 cm³/mol. The minimum atomic E-state index is -0.816. The fourth-order valence-electron chi connectivity index (χ4n) is 2.04. The molecule has 0 aromatic rings. The van der Waals surface area contributed by atoms with Crippen molar-refractivity contribution in [2.75, 3.05) is 20.2 Å². The quantitative estimate of drug-likeness (QED) is 0.780. The van der Waals surface area contributed by atoms with Crippen LogP contribution in [-0.2, 0) is 9.53 Å². The Morgan fingerprint density at radius 2 is 2.06 bits per heavy atom. The van der Waals surface area contributed by atoms with E-state index >= 15 is 0 Å². The van der Waals surface area contributed by atoms with Gasteiger partial charge in [-0.05, 0) is 32.6 Å². The number of hydrogen-bond acceptors (Lipinski definition) is 3. The highest BCUT2D eigenvalue weighted by Crippen LogP contribution is 2.34. The number of carboxylic acids is 1. The van der Waals surface area contributed by atoms with Gasteiger partial charge in [0.15, 0.2) is 0 Å². The van der Waals surface area contributed by atoms with Crippen LogP contribution in [0.5, 0.6) is 0 Å². The maximum Gasteiger partial charge on any atom is 0.409 e. The minimum Gasteiger partial charge on any atom is -0.481 e. The number of nitrogens with zero attached hydrogens (tertiary/aromatic N) is 1. The Kier molecular flexibility index (Phi) is 3.78. The van der Waals surface area contributed by atoms with E-state index in [0.717, 1.165) is 12.8 Å². The van der Waals surface area contributed by atoms with Gasteiger partial charge in [0, 0.05) is 13.1 Å². The maximum atomic E-state index is 11.4. The molecule has 1 rings (SSSR count). The third kappa shape index (κ3) is 2.46. The molecule has 0 aromatic carbocycles. The molecule has 1 N–H and O–H groups in total. The molecule has 1 atom stereocenters. The lowest BCUT2D eigenvalue weighted by molar-refractivity contribution is -0.151. The van der Waals surface area contributed by atoms with Crippen LogP contribution < -0.4 is 0 Å². The highest BCUT2D eigenvalue weighted by molar-refractivity contribution is 5.74. The molecule has 1 unspecified atom stereocenters. The zero-order chi connectivity index (χ0) is 12.3. The van der Waals surface area contributed by atoms with Gasteiger partial charge in [0.25, 0.3) is 0 Å². The van der Waals surface area contributed by atoms with Crippen LogP contribution in [-0.4, -0.2) is 42.3 Å². The second-order valence-corrected chi connectivity index (χ2v) is 4.78. The number of amides is 1. The normalized spacial score (nSPS) is 21.7. The van der Waals surface area contributed by atoms with Gasteiger partial charge >= 0.3 is 12.1 Å². The number of carbonyl (C=O) groups is 2. The first-order chi connectivity index (χ1) is 7.39. The molecule has 1 saturated heterocycles. The number of likely N-dealkylation sites (tertiary alicyclic amines) is 1. The van der Waals surface area contributed by atoms with Crippen LogP contribution in [0.1, 0.15) is 26.7 Å². The number of piperidine rings is 1. The molecular weight excluding hydrogens is 210 g/mol. The van der Waals surface area contributed by atoms with Crippen LogP contribution in [0.15, 0.2) is 0 Å². The Hall–Kier alpha value is -1.26. The Balaban J connectivity index is 2.70. The fourth-order valence-corrected chi connectivity index (χ4v) is 2.04. The molecule has 0 saturated carbocycles. The highest BCUT2D eigenvalue weighted by Gasteiger charge is 2.40. The van der Waals surface area contributed by atoms with Gasteiger partial charge < -0.3 is 14.7 Å². The zero-order valence-corrected chi connectivity index (χ0v) is 10.0. The summed E-state index contributed by atoms with van der Waals surface area (Å²) in [7, 11) is 1.34. The SMILES string of the molecule is COC(=O)N1CCCC(C(C)(C)C(=O)O)C1. The topological polar surface area (TPSA) is 66.8 Å². The van der Waals surface area contributed by atoms with E-state index in [1.54, 1.807) is 18.7 Å². The second kappa shape index (κ2) is 4.72. The van der Waals surface area contributed by atoms with Crippen LogP contribution in [0.3, 0.4) is 0 Å². The lowest BCUT2D eigenvalue weighted by Gasteiger charge is -2.38. The highest BCUT2D eigenvalue weighted by atomic mass is 16.5. The smallest absolute Gasteiger partial charge is 0.409 e. The van der Waals surface area contributed by atoms with E-state index < -0.39 is 11.4 Å². The summed E-state index contributed by atoms with van der Waals surface area (Å²) in [5, 5.41) is 9.14. The third-order valence-electron chi connectivity index (χ3n) is 3.43. The Labute approximate surface area is 95.4 Å². The van der Waals surface area contributed by atoms with Crippen molar-refractivity contribution in [3.05, 3.63) is 0 Å². The van der Waals surface area contributed by atoms with Crippen molar-refractivity contribution in [3.63, 3.8) is 0 Å². The van der Waals surface area contributed by atoms with Gasteiger partial charge in [-0.3, -0.25) is 4.79 Å². The average molecular weight is 229 g/mol. The number of ether oxygens (including phenoxy) is 1. The lowest BCUT2D eigenvalue weighted by atomic mass is 9.75. The molecule has 1 aliphatic rings. The van der Waals surface area contributed by atoms with Crippen molar-refractivity contribution in [2.45, 2.75) is 26.7 Å². The maximum absolute atomic E-state index is 11.4. The molecule has 0 aromatic heterocycles. The number of carboxylic acid groups (broad SMARTS) is 1. The zero-order valence-electron chi connectivity index (χ0n) is 10.0. The van der Waals surface area contributed by atoms with E-state index in [2.05, 4.69) is 4.74 Å². The fraction of sp³-hybridized carbons (Fsp3) is 0.818. The van der Waals surface area contributed by atoms with Gasteiger partial charge in [-0.15, -0.1) is 0 Å². The van der Waals surface area contributed by atoms with Crippen molar-refractivity contribution < 1.29 is 19.4 Å². The summed E-state index contributed by atoms with van der Waals surface area (Å²) in [6.07, 6.45) is 1.30. The van der Waals surface area contributed by atoms with Crippen LogP contribution in [0.2, 0.25) is 0 Å². The van der Waals surface area contributed by atoms with Crippen LogP contribution in [0.4, 0.5) is 4.79 Å². The number of aliphatic carboxylic acids is 1. The van der Waals surface area contributed by atoms with Crippen molar-refractivity contribution in [1.82, 2.24) is 4.90 Å². The van der Waals surface area contributed by atoms with Crippen LogP contribution in [0.25, 0.3) is 0 Å². The Bertz CT molecular complexity index is 288. The van der Waals surface area contributed by atoms with Crippen molar-refractivity contribution in [1.29, 1.82) is 0 Å². The molecule has 1 amide bonds. The monoisotopic (exact) mass is 229 g/mol. The summed E-state index contributed by atoms with van der Waals surface area (Å²) in [6, 6.07) is 0. The second-order valence-electron chi connectivity index (χ2n) is 4.78. The number of hydrogen-bond donors (Lipinski definition) is 1. The van der Waals surface area contributed by atoms with E-state index in [-0.39, 0.29) is 12.0 Å². The molecular formula is C11H19NO4. The molecule has 1 aliphatic heterocycles. The molecule has 5 heteroatoms.